The van der Waals surface area contributed by atoms with E-state index >= 15 is 0 Å². The summed E-state index contributed by atoms with van der Waals surface area (Å²) in [6, 6.07) is 9.86. The zero-order chi connectivity index (χ0) is 15.4. The van der Waals surface area contributed by atoms with Crippen molar-refractivity contribution in [1.82, 2.24) is 10.2 Å². The van der Waals surface area contributed by atoms with Crippen molar-refractivity contribution in [1.29, 1.82) is 5.26 Å². The number of piperazine rings is 1. The van der Waals surface area contributed by atoms with Gasteiger partial charge in [0.05, 0.1) is 6.07 Å². The molecule has 2 unspecified atom stereocenters. The summed E-state index contributed by atoms with van der Waals surface area (Å²) in [5.41, 5.74) is 0.554. The highest BCUT2D eigenvalue weighted by Crippen LogP contribution is 2.21. The maximum Gasteiger partial charge on any atom is 0.249 e. The molecule has 0 spiro atoms. The molecule has 2 atom stereocenters. The van der Waals surface area contributed by atoms with Gasteiger partial charge in [-0.25, -0.2) is 0 Å². The number of imide groups is 1. The van der Waals surface area contributed by atoms with Crippen LogP contribution in [-0.4, -0.2) is 35.2 Å². The minimum atomic E-state index is -1.01. The predicted molar refractivity (Wildman–Crippen MR) is 73.7 cm³/mol. The normalized spacial score (nSPS) is 19.6. The second kappa shape index (κ2) is 6.18. The molecule has 6 nitrogen and oxygen atoms in total. The number of rotatable bonds is 3. The van der Waals surface area contributed by atoms with Crippen LogP contribution in [0.5, 0.6) is 0 Å². The molecule has 2 rings (SSSR count). The number of nitriles is 1. The Morgan fingerprint density at radius 1 is 1.43 bits per heavy atom. The molecule has 108 valence electrons. The third-order valence-corrected chi connectivity index (χ3v) is 3.43. The molecule has 1 aliphatic heterocycles. The number of amides is 3. The van der Waals surface area contributed by atoms with Gasteiger partial charge in [0.15, 0.2) is 0 Å². The summed E-state index contributed by atoms with van der Waals surface area (Å²) in [5, 5.41) is 11.5. The largest absolute Gasteiger partial charge is 0.320 e. The summed E-state index contributed by atoms with van der Waals surface area (Å²) < 4.78 is 0. The molecule has 1 fully saturated rings. The first kappa shape index (κ1) is 14.7. The van der Waals surface area contributed by atoms with Gasteiger partial charge < -0.3 is 4.90 Å². The van der Waals surface area contributed by atoms with E-state index in [-0.39, 0.29) is 6.54 Å². The second-order valence-corrected chi connectivity index (χ2v) is 4.78. The van der Waals surface area contributed by atoms with E-state index in [9.17, 15) is 19.6 Å². The van der Waals surface area contributed by atoms with E-state index in [0.29, 0.717) is 12.0 Å². The number of nitrogens with zero attached hydrogens (tertiary/aromatic N) is 2. The van der Waals surface area contributed by atoms with Crippen molar-refractivity contribution in [2.24, 2.45) is 0 Å². The van der Waals surface area contributed by atoms with Crippen molar-refractivity contribution < 1.29 is 14.4 Å². The third kappa shape index (κ3) is 2.92. The van der Waals surface area contributed by atoms with E-state index in [0.717, 1.165) is 0 Å². The van der Waals surface area contributed by atoms with Crippen LogP contribution >= 0.6 is 0 Å². The fraction of sp³-hybridized carbons (Fsp3) is 0.333. The SMILES string of the molecule is CCC1C(=O)NC(=O)CN1C(=O)C(C#N)c1ccccc1. The number of hydrogen-bond donors (Lipinski definition) is 1. The maximum atomic E-state index is 12.6. The van der Waals surface area contributed by atoms with Crippen LogP contribution < -0.4 is 5.32 Å². The lowest BCUT2D eigenvalue weighted by molar-refractivity contribution is -0.150. The molecule has 0 saturated carbocycles. The van der Waals surface area contributed by atoms with Crippen molar-refractivity contribution in [2.75, 3.05) is 6.54 Å². The van der Waals surface area contributed by atoms with Gasteiger partial charge in [0, 0.05) is 0 Å². The van der Waals surface area contributed by atoms with Crippen LogP contribution in [0.1, 0.15) is 24.8 Å². The van der Waals surface area contributed by atoms with E-state index in [4.69, 9.17) is 0 Å². The molecule has 1 heterocycles. The number of carbonyl (C=O) groups excluding carboxylic acids is 3. The van der Waals surface area contributed by atoms with Gasteiger partial charge in [0.25, 0.3) is 0 Å². The standard InChI is InChI=1S/C15H15N3O3/c1-2-12-14(20)17-13(19)9-18(12)15(21)11(8-16)10-6-4-3-5-7-10/h3-7,11-12H,2,9H2,1H3,(H,17,19,20). The third-order valence-electron chi connectivity index (χ3n) is 3.43. The Bertz CT molecular complexity index is 606. The van der Waals surface area contributed by atoms with Gasteiger partial charge in [-0.2, -0.15) is 5.26 Å². The van der Waals surface area contributed by atoms with Crippen LogP contribution in [0.15, 0.2) is 30.3 Å². The van der Waals surface area contributed by atoms with Crippen LogP contribution in [-0.2, 0) is 14.4 Å². The van der Waals surface area contributed by atoms with Gasteiger partial charge in [0.2, 0.25) is 17.7 Å². The molecule has 1 aromatic carbocycles. The Hall–Kier alpha value is -2.68. The van der Waals surface area contributed by atoms with Crippen LogP contribution in [0, 0.1) is 11.3 Å². The monoisotopic (exact) mass is 285 g/mol. The Morgan fingerprint density at radius 3 is 2.67 bits per heavy atom. The Morgan fingerprint density at radius 2 is 2.10 bits per heavy atom. The summed E-state index contributed by atoms with van der Waals surface area (Å²) in [4.78, 5) is 37.0. The van der Waals surface area contributed by atoms with E-state index in [1.165, 1.54) is 4.90 Å². The predicted octanol–water partition coefficient (Wildman–Crippen LogP) is 0.557. The van der Waals surface area contributed by atoms with E-state index in [1.54, 1.807) is 37.3 Å². The highest BCUT2D eigenvalue weighted by Gasteiger charge is 2.38. The second-order valence-electron chi connectivity index (χ2n) is 4.78. The van der Waals surface area contributed by atoms with Gasteiger partial charge >= 0.3 is 0 Å². The maximum absolute atomic E-state index is 12.6. The minimum absolute atomic E-state index is 0.200. The number of nitrogens with one attached hydrogen (secondary N) is 1. The highest BCUT2D eigenvalue weighted by molar-refractivity contribution is 6.05. The molecule has 0 radical (unpaired) electrons. The van der Waals surface area contributed by atoms with Gasteiger partial charge in [-0.05, 0) is 12.0 Å². The first-order valence-corrected chi connectivity index (χ1v) is 6.67. The lowest BCUT2D eigenvalue weighted by Crippen LogP contribution is -2.60. The minimum Gasteiger partial charge on any atom is -0.320 e. The van der Waals surface area contributed by atoms with E-state index in [2.05, 4.69) is 5.32 Å². The zero-order valence-electron chi connectivity index (χ0n) is 11.6. The van der Waals surface area contributed by atoms with E-state index < -0.39 is 29.7 Å². The van der Waals surface area contributed by atoms with Crippen LogP contribution in [0.4, 0.5) is 0 Å². The molecule has 0 bridgehead atoms. The molecule has 1 aliphatic rings. The molecule has 1 N–H and O–H groups in total. The molecule has 6 heteroatoms. The summed E-state index contributed by atoms with van der Waals surface area (Å²) >= 11 is 0. The van der Waals surface area contributed by atoms with Crippen LogP contribution in [0.3, 0.4) is 0 Å². The number of hydrogen-bond acceptors (Lipinski definition) is 4. The average Bonchev–Trinajstić information content (AvgIpc) is 2.48. The van der Waals surface area contributed by atoms with Gasteiger partial charge in [-0.3, -0.25) is 19.7 Å². The van der Waals surface area contributed by atoms with Crippen molar-refractivity contribution in [2.45, 2.75) is 25.3 Å². The van der Waals surface area contributed by atoms with Crippen molar-refractivity contribution in [3.05, 3.63) is 35.9 Å². The number of benzene rings is 1. The highest BCUT2D eigenvalue weighted by atomic mass is 16.2. The zero-order valence-corrected chi connectivity index (χ0v) is 11.6. The van der Waals surface area contributed by atoms with Gasteiger partial charge in [-0.1, -0.05) is 37.3 Å². The average molecular weight is 285 g/mol. The van der Waals surface area contributed by atoms with Crippen LogP contribution in [0.2, 0.25) is 0 Å². The smallest absolute Gasteiger partial charge is 0.249 e. The Labute approximate surface area is 122 Å². The molecular weight excluding hydrogens is 270 g/mol. The summed E-state index contributed by atoms with van der Waals surface area (Å²) in [6.07, 6.45) is 0.387. The summed E-state index contributed by atoms with van der Waals surface area (Å²) in [7, 11) is 0. The van der Waals surface area contributed by atoms with Gasteiger partial charge in [0.1, 0.15) is 18.5 Å². The Balaban J connectivity index is 2.30. The first-order chi connectivity index (χ1) is 10.1. The lowest BCUT2D eigenvalue weighted by atomic mass is 9.97. The summed E-state index contributed by atoms with van der Waals surface area (Å²) in [5.74, 6) is -2.55. The summed E-state index contributed by atoms with van der Waals surface area (Å²) in [6.45, 7) is 1.55. The Kier molecular flexibility index (Phi) is 4.33. The fourth-order valence-electron chi connectivity index (χ4n) is 2.39. The van der Waals surface area contributed by atoms with Gasteiger partial charge in [-0.15, -0.1) is 0 Å². The topological polar surface area (TPSA) is 90.3 Å². The molecule has 21 heavy (non-hydrogen) atoms. The van der Waals surface area contributed by atoms with Crippen LogP contribution in [0.25, 0.3) is 0 Å². The van der Waals surface area contributed by atoms with Crippen molar-refractivity contribution >= 4 is 17.7 Å². The molecule has 1 aromatic rings. The molecule has 1 saturated heterocycles. The fourth-order valence-corrected chi connectivity index (χ4v) is 2.39. The van der Waals surface area contributed by atoms with E-state index in [1.807, 2.05) is 6.07 Å². The van der Waals surface area contributed by atoms with Crippen molar-refractivity contribution in [3.8, 4) is 6.07 Å². The van der Waals surface area contributed by atoms with Crippen molar-refractivity contribution in [3.63, 3.8) is 0 Å². The molecule has 0 aliphatic carbocycles. The molecule has 3 amide bonds. The molecular formula is C15H15N3O3. The first-order valence-electron chi connectivity index (χ1n) is 6.67. The molecule has 0 aromatic heterocycles. The lowest BCUT2D eigenvalue weighted by Gasteiger charge is -2.34. The number of carbonyl (C=O) groups is 3. The quantitative estimate of drug-likeness (QED) is 0.821.